The number of nitrogens with zero attached hydrogens (tertiary/aromatic N) is 1. The molecule has 2 aromatic rings. The number of nitrogen functional groups attached to an aromatic ring is 1. The van der Waals surface area contributed by atoms with Crippen LogP contribution in [0.5, 0.6) is 5.75 Å². The third-order valence-electron chi connectivity index (χ3n) is 2.85. The normalized spacial score (nSPS) is 11.9. The van der Waals surface area contributed by atoms with Gasteiger partial charge in [0.05, 0.1) is 25.0 Å². The third-order valence-corrected chi connectivity index (χ3v) is 2.85. The molecule has 0 aliphatic rings. The van der Waals surface area contributed by atoms with Crippen molar-refractivity contribution in [3.8, 4) is 5.75 Å². The van der Waals surface area contributed by atoms with Crippen LogP contribution < -0.4 is 15.8 Å². The average Bonchev–Trinajstić information content (AvgIpc) is 2.85. The van der Waals surface area contributed by atoms with Crippen molar-refractivity contribution in [1.82, 2.24) is 15.5 Å². The van der Waals surface area contributed by atoms with Crippen LogP contribution in [0, 0.1) is 0 Å². The van der Waals surface area contributed by atoms with E-state index >= 15 is 0 Å². The number of hydrogen-bond donors (Lipinski definition) is 3. The number of rotatable bonds is 4. The van der Waals surface area contributed by atoms with Crippen LogP contribution in [-0.2, 0) is 0 Å². The molecule has 0 fully saturated rings. The van der Waals surface area contributed by atoms with Crippen LogP contribution in [0.2, 0.25) is 0 Å². The number of aromatic nitrogens is 2. The van der Waals surface area contributed by atoms with Crippen LogP contribution in [-0.4, -0.2) is 23.2 Å². The zero-order valence-electron chi connectivity index (χ0n) is 10.8. The summed E-state index contributed by atoms with van der Waals surface area (Å²) in [5.74, 6) is 0.432. The molecule has 0 saturated carbocycles. The first-order valence-electron chi connectivity index (χ1n) is 5.86. The van der Waals surface area contributed by atoms with Crippen molar-refractivity contribution in [2.75, 3.05) is 12.8 Å². The molecule has 0 spiro atoms. The number of ether oxygens (including phenoxy) is 1. The van der Waals surface area contributed by atoms with E-state index in [1.165, 1.54) is 6.20 Å². The van der Waals surface area contributed by atoms with Crippen molar-refractivity contribution in [2.24, 2.45) is 0 Å². The lowest BCUT2D eigenvalue weighted by Crippen LogP contribution is -2.27. The fourth-order valence-electron chi connectivity index (χ4n) is 1.85. The van der Waals surface area contributed by atoms with E-state index < -0.39 is 0 Å². The molecule has 19 heavy (non-hydrogen) atoms. The fourth-order valence-corrected chi connectivity index (χ4v) is 1.85. The predicted octanol–water partition coefficient (Wildman–Crippen LogP) is 1.49. The Labute approximate surface area is 111 Å². The number of anilines is 1. The number of methoxy groups -OCH3 is 1. The Morgan fingerprint density at radius 3 is 2.84 bits per heavy atom. The summed E-state index contributed by atoms with van der Waals surface area (Å²) in [6, 6.07) is 7.32. The molecule has 0 bridgehead atoms. The molecule has 1 atom stereocenters. The van der Waals surface area contributed by atoms with Crippen molar-refractivity contribution in [3.63, 3.8) is 0 Å². The number of H-pyrrole nitrogens is 1. The Balaban J connectivity index is 2.15. The molecular formula is C13H16N4O2. The Bertz CT molecular complexity index is 580. The first-order valence-corrected chi connectivity index (χ1v) is 5.86. The standard InChI is InChI=1S/C13H16N4O2/c1-8(9-5-3-4-6-11(9)19-2)16-13(18)12-10(14)7-15-17-12/h3-8H,14H2,1-2H3,(H,15,17)(H,16,18). The van der Waals surface area contributed by atoms with E-state index in [9.17, 15) is 4.79 Å². The highest BCUT2D eigenvalue weighted by molar-refractivity contribution is 5.97. The van der Waals surface area contributed by atoms with E-state index in [0.717, 1.165) is 11.3 Å². The lowest BCUT2D eigenvalue weighted by molar-refractivity contribution is 0.0935. The number of para-hydroxylation sites is 1. The maximum atomic E-state index is 12.0. The van der Waals surface area contributed by atoms with Gasteiger partial charge in [-0.15, -0.1) is 0 Å². The Hall–Kier alpha value is -2.50. The monoisotopic (exact) mass is 260 g/mol. The van der Waals surface area contributed by atoms with Gasteiger partial charge in [-0.05, 0) is 13.0 Å². The maximum absolute atomic E-state index is 12.0. The molecule has 0 aliphatic heterocycles. The van der Waals surface area contributed by atoms with Crippen LogP contribution in [0.3, 0.4) is 0 Å². The lowest BCUT2D eigenvalue weighted by atomic mass is 10.1. The molecule has 4 N–H and O–H groups in total. The van der Waals surface area contributed by atoms with Crippen LogP contribution in [0.1, 0.15) is 29.0 Å². The van der Waals surface area contributed by atoms with Gasteiger partial charge < -0.3 is 15.8 Å². The minimum Gasteiger partial charge on any atom is -0.496 e. The number of aromatic amines is 1. The smallest absolute Gasteiger partial charge is 0.271 e. The fraction of sp³-hybridized carbons (Fsp3) is 0.231. The molecule has 0 radical (unpaired) electrons. The maximum Gasteiger partial charge on any atom is 0.271 e. The van der Waals surface area contributed by atoms with E-state index in [0.29, 0.717) is 5.69 Å². The first kappa shape index (κ1) is 12.9. The Kier molecular flexibility index (Phi) is 3.70. The number of hydrogen-bond acceptors (Lipinski definition) is 4. The average molecular weight is 260 g/mol. The zero-order chi connectivity index (χ0) is 13.8. The van der Waals surface area contributed by atoms with Crippen LogP contribution in [0.15, 0.2) is 30.5 Å². The highest BCUT2D eigenvalue weighted by Crippen LogP contribution is 2.24. The van der Waals surface area contributed by atoms with Gasteiger partial charge >= 0.3 is 0 Å². The summed E-state index contributed by atoms with van der Waals surface area (Å²) >= 11 is 0. The van der Waals surface area contributed by atoms with Gasteiger partial charge in [0.2, 0.25) is 0 Å². The number of nitrogens with one attached hydrogen (secondary N) is 2. The largest absolute Gasteiger partial charge is 0.496 e. The summed E-state index contributed by atoms with van der Waals surface area (Å²) in [7, 11) is 1.60. The summed E-state index contributed by atoms with van der Waals surface area (Å²) in [6.45, 7) is 1.88. The summed E-state index contributed by atoms with van der Waals surface area (Å²) < 4.78 is 5.27. The third kappa shape index (κ3) is 2.67. The number of nitrogens with two attached hydrogens (primary N) is 1. The van der Waals surface area contributed by atoms with E-state index in [4.69, 9.17) is 10.5 Å². The topological polar surface area (TPSA) is 93.0 Å². The molecule has 1 aromatic heterocycles. The van der Waals surface area contributed by atoms with Gasteiger partial charge in [-0.25, -0.2) is 0 Å². The van der Waals surface area contributed by atoms with Gasteiger partial charge in [0.25, 0.3) is 5.91 Å². The van der Waals surface area contributed by atoms with E-state index in [1.54, 1.807) is 7.11 Å². The van der Waals surface area contributed by atoms with Crippen molar-refractivity contribution in [3.05, 3.63) is 41.7 Å². The molecule has 0 saturated heterocycles. The zero-order valence-corrected chi connectivity index (χ0v) is 10.8. The van der Waals surface area contributed by atoms with E-state index in [-0.39, 0.29) is 17.6 Å². The molecule has 2 rings (SSSR count). The first-order chi connectivity index (χ1) is 9.13. The minimum absolute atomic E-state index is 0.202. The van der Waals surface area contributed by atoms with Crippen LogP contribution in [0.4, 0.5) is 5.69 Å². The summed E-state index contributed by atoms with van der Waals surface area (Å²) in [4.78, 5) is 12.0. The second kappa shape index (κ2) is 5.43. The molecule has 0 aliphatic carbocycles. The predicted molar refractivity (Wildman–Crippen MR) is 71.9 cm³/mol. The molecule has 6 nitrogen and oxygen atoms in total. The second-order valence-corrected chi connectivity index (χ2v) is 4.14. The van der Waals surface area contributed by atoms with Crippen LogP contribution >= 0.6 is 0 Å². The Morgan fingerprint density at radius 2 is 2.21 bits per heavy atom. The SMILES string of the molecule is COc1ccccc1C(C)NC(=O)c1[nH]ncc1N. The van der Waals surface area contributed by atoms with Gasteiger partial charge in [0.15, 0.2) is 0 Å². The van der Waals surface area contributed by atoms with Crippen LogP contribution in [0.25, 0.3) is 0 Å². The molecule has 1 unspecified atom stereocenters. The van der Waals surface area contributed by atoms with E-state index in [1.807, 2.05) is 31.2 Å². The molecule has 100 valence electrons. The van der Waals surface area contributed by atoms with Gasteiger partial charge in [-0.2, -0.15) is 5.10 Å². The highest BCUT2D eigenvalue weighted by atomic mass is 16.5. The summed E-state index contributed by atoms with van der Waals surface area (Å²) in [5, 5.41) is 9.14. The molecule has 1 heterocycles. The molecular weight excluding hydrogens is 244 g/mol. The quantitative estimate of drug-likeness (QED) is 0.776. The van der Waals surface area contributed by atoms with Crippen molar-refractivity contribution in [2.45, 2.75) is 13.0 Å². The van der Waals surface area contributed by atoms with Crippen molar-refractivity contribution >= 4 is 11.6 Å². The summed E-state index contributed by atoms with van der Waals surface area (Å²) in [5.41, 5.74) is 7.12. The lowest BCUT2D eigenvalue weighted by Gasteiger charge is -2.16. The second-order valence-electron chi connectivity index (χ2n) is 4.14. The van der Waals surface area contributed by atoms with E-state index in [2.05, 4.69) is 15.5 Å². The summed E-state index contributed by atoms with van der Waals surface area (Å²) in [6.07, 6.45) is 1.41. The number of carbonyl (C=O) groups is 1. The van der Waals surface area contributed by atoms with Crippen molar-refractivity contribution < 1.29 is 9.53 Å². The van der Waals surface area contributed by atoms with Gasteiger partial charge in [-0.3, -0.25) is 9.89 Å². The molecule has 1 aromatic carbocycles. The van der Waals surface area contributed by atoms with Crippen molar-refractivity contribution in [1.29, 1.82) is 0 Å². The number of amides is 1. The minimum atomic E-state index is -0.298. The van der Waals surface area contributed by atoms with Gasteiger partial charge in [0.1, 0.15) is 11.4 Å². The number of carbonyl (C=O) groups excluding carboxylic acids is 1. The van der Waals surface area contributed by atoms with Gasteiger partial charge in [0, 0.05) is 5.56 Å². The molecule has 1 amide bonds. The Morgan fingerprint density at radius 1 is 1.47 bits per heavy atom. The highest BCUT2D eigenvalue weighted by Gasteiger charge is 2.17. The van der Waals surface area contributed by atoms with Gasteiger partial charge in [-0.1, -0.05) is 18.2 Å². The molecule has 6 heteroatoms. The number of benzene rings is 1.